The van der Waals surface area contributed by atoms with Gasteiger partial charge in [0.15, 0.2) is 0 Å². The summed E-state index contributed by atoms with van der Waals surface area (Å²) in [6.45, 7) is 1.98. The molecule has 0 saturated heterocycles. The Balaban J connectivity index is 2.26. The lowest BCUT2D eigenvalue weighted by molar-refractivity contribution is 0.585. The summed E-state index contributed by atoms with van der Waals surface area (Å²) in [6.07, 6.45) is 0. The number of aromatic nitrogens is 2. The highest BCUT2D eigenvalue weighted by Crippen LogP contribution is 2.39. The molecule has 0 radical (unpaired) electrons. The summed E-state index contributed by atoms with van der Waals surface area (Å²) >= 11 is 1.55. The first-order valence-corrected chi connectivity index (χ1v) is 7.13. The van der Waals surface area contributed by atoms with Crippen LogP contribution in [-0.2, 0) is 7.05 Å². The third kappa shape index (κ3) is 2.31. The van der Waals surface area contributed by atoms with Crippen LogP contribution in [0.2, 0.25) is 0 Å². The monoisotopic (exact) mass is 305 g/mol. The lowest BCUT2D eigenvalue weighted by Gasteiger charge is -2.05. The molecule has 21 heavy (non-hydrogen) atoms. The van der Waals surface area contributed by atoms with Crippen molar-refractivity contribution in [2.75, 3.05) is 5.73 Å². The minimum Gasteiger partial charge on any atom is -0.383 e. The van der Waals surface area contributed by atoms with E-state index in [1.165, 1.54) is 16.8 Å². The van der Waals surface area contributed by atoms with Crippen molar-refractivity contribution < 1.29 is 8.78 Å². The predicted molar refractivity (Wildman–Crippen MR) is 81.0 cm³/mol. The molecule has 0 bridgehead atoms. The van der Waals surface area contributed by atoms with Gasteiger partial charge in [0.05, 0.1) is 10.4 Å². The molecule has 0 aliphatic rings. The topological polar surface area (TPSA) is 43.8 Å². The third-order valence-corrected chi connectivity index (χ3v) is 4.27. The molecule has 3 rings (SSSR count). The van der Waals surface area contributed by atoms with E-state index < -0.39 is 11.6 Å². The number of nitrogen functional groups attached to an aromatic ring is 1. The Kier molecular flexibility index (Phi) is 3.25. The molecule has 0 amide bonds. The quantitative estimate of drug-likeness (QED) is 0.778. The van der Waals surface area contributed by atoms with Crippen LogP contribution in [0.25, 0.3) is 21.7 Å². The Morgan fingerprint density at radius 2 is 1.95 bits per heavy atom. The highest BCUT2D eigenvalue weighted by molar-refractivity contribution is 7.15. The van der Waals surface area contributed by atoms with Gasteiger partial charge in [-0.1, -0.05) is 0 Å². The maximum Gasteiger partial charge on any atom is 0.134 e. The van der Waals surface area contributed by atoms with Gasteiger partial charge < -0.3 is 5.73 Å². The number of rotatable bonds is 2. The van der Waals surface area contributed by atoms with Crippen molar-refractivity contribution in [3.8, 4) is 21.7 Å². The number of hydrogen-bond donors (Lipinski definition) is 1. The molecule has 0 aliphatic heterocycles. The molecular weight excluding hydrogens is 292 g/mol. The molecule has 0 saturated carbocycles. The van der Waals surface area contributed by atoms with Gasteiger partial charge in [0, 0.05) is 23.6 Å². The summed E-state index contributed by atoms with van der Waals surface area (Å²) in [4.78, 5) is 2.03. The van der Waals surface area contributed by atoms with Crippen LogP contribution in [0.1, 0.15) is 4.88 Å². The lowest BCUT2D eigenvalue weighted by atomic mass is 10.0. The predicted octanol–water partition coefficient (Wildman–Crippen LogP) is 3.98. The van der Waals surface area contributed by atoms with Crippen LogP contribution in [0.5, 0.6) is 0 Å². The number of halogens is 2. The molecule has 1 aromatic carbocycles. The van der Waals surface area contributed by atoms with E-state index in [9.17, 15) is 8.78 Å². The van der Waals surface area contributed by atoms with E-state index in [-0.39, 0.29) is 5.56 Å². The second-order valence-corrected chi connectivity index (χ2v) is 6.05. The second kappa shape index (κ2) is 4.96. The van der Waals surface area contributed by atoms with Gasteiger partial charge in [0.1, 0.15) is 23.1 Å². The van der Waals surface area contributed by atoms with Crippen LogP contribution >= 0.6 is 11.3 Å². The summed E-state index contributed by atoms with van der Waals surface area (Å²) in [5, 5.41) is 4.38. The van der Waals surface area contributed by atoms with Crippen molar-refractivity contribution in [1.82, 2.24) is 9.78 Å². The first kappa shape index (κ1) is 13.8. The largest absolute Gasteiger partial charge is 0.383 e. The molecule has 0 aliphatic carbocycles. The fourth-order valence-electron chi connectivity index (χ4n) is 2.23. The van der Waals surface area contributed by atoms with Crippen molar-refractivity contribution in [2.45, 2.75) is 6.92 Å². The molecular formula is C15H13F2N3S. The van der Waals surface area contributed by atoms with E-state index in [1.54, 1.807) is 18.4 Å². The third-order valence-electron chi connectivity index (χ3n) is 3.27. The Bertz CT molecular complexity index is 820. The number of anilines is 1. The van der Waals surface area contributed by atoms with E-state index in [0.717, 1.165) is 15.8 Å². The molecule has 6 heteroatoms. The molecule has 2 N–H and O–H groups in total. The Hall–Kier alpha value is -2.21. The molecule has 0 unspecified atom stereocenters. The van der Waals surface area contributed by atoms with Crippen molar-refractivity contribution in [3.05, 3.63) is 46.8 Å². The second-order valence-electron chi connectivity index (χ2n) is 4.77. The van der Waals surface area contributed by atoms with Crippen molar-refractivity contribution in [3.63, 3.8) is 0 Å². The zero-order valence-electron chi connectivity index (χ0n) is 11.5. The SMILES string of the molecule is Cc1ccc(-c2nn(C)c(N)c2-c2ccc(F)cc2F)s1. The van der Waals surface area contributed by atoms with Gasteiger partial charge in [0.2, 0.25) is 0 Å². The number of aryl methyl sites for hydroxylation is 2. The van der Waals surface area contributed by atoms with E-state index in [0.29, 0.717) is 17.1 Å². The fraction of sp³-hybridized carbons (Fsp3) is 0.133. The van der Waals surface area contributed by atoms with Gasteiger partial charge in [-0.15, -0.1) is 11.3 Å². The maximum absolute atomic E-state index is 14.1. The molecule has 0 spiro atoms. The average molecular weight is 305 g/mol. The smallest absolute Gasteiger partial charge is 0.134 e. The maximum atomic E-state index is 14.1. The van der Waals surface area contributed by atoms with E-state index in [1.807, 2.05) is 19.1 Å². The summed E-state index contributed by atoms with van der Waals surface area (Å²) in [6, 6.07) is 7.35. The number of nitrogens with two attached hydrogens (primary N) is 1. The molecule has 2 heterocycles. The Labute approximate surface area is 124 Å². The molecule has 108 valence electrons. The minimum atomic E-state index is -0.649. The Morgan fingerprint density at radius 1 is 1.19 bits per heavy atom. The average Bonchev–Trinajstić information content (AvgIpc) is 2.96. The van der Waals surface area contributed by atoms with Gasteiger partial charge in [-0.05, 0) is 31.2 Å². The van der Waals surface area contributed by atoms with Gasteiger partial charge in [-0.25, -0.2) is 8.78 Å². The highest BCUT2D eigenvalue weighted by atomic mass is 32.1. The Morgan fingerprint density at radius 3 is 2.57 bits per heavy atom. The van der Waals surface area contributed by atoms with E-state index in [4.69, 9.17) is 5.73 Å². The summed E-state index contributed by atoms with van der Waals surface area (Å²) in [5.74, 6) is -0.919. The van der Waals surface area contributed by atoms with Gasteiger partial charge in [0.25, 0.3) is 0 Å². The number of benzene rings is 1. The number of thiophene rings is 1. The van der Waals surface area contributed by atoms with Gasteiger partial charge in [-0.3, -0.25) is 4.68 Å². The number of nitrogens with zero attached hydrogens (tertiary/aromatic N) is 2. The summed E-state index contributed by atoms with van der Waals surface area (Å²) < 4.78 is 28.7. The number of hydrogen-bond acceptors (Lipinski definition) is 3. The summed E-state index contributed by atoms with van der Waals surface area (Å²) in [7, 11) is 1.70. The zero-order chi connectivity index (χ0) is 15.1. The van der Waals surface area contributed by atoms with Gasteiger partial charge in [-0.2, -0.15) is 5.10 Å². The van der Waals surface area contributed by atoms with Crippen LogP contribution in [-0.4, -0.2) is 9.78 Å². The van der Waals surface area contributed by atoms with Gasteiger partial charge >= 0.3 is 0 Å². The normalized spacial score (nSPS) is 11.0. The molecule has 0 fully saturated rings. The summed E-state index contributed by atoms with van der Waals surface area (Å²) in [5.41, 5.74) is 7.39. The van der Waals surface area contributed by atoms with Crippen LogP contribution < -0.4 is 5.73 Å². The first-order valence-electron chi connectivity index (χ1n) is 6.32. The molecule has 0 atom stereocenters. The van der Waals surface area contributed by atoms with E-state index >= 15 is 0 Å². The fourth-order valence-corrected chi connectivity index (χ4v) is 3.09. The minimum absolute atomic E-state index is 0.253. The lowest BCUT2D eigenvalue weighted by Crippen LogP contribution is -1.98. The zero-order valence-corrected chi connectivity index (χ0v) is 12.3. The standard InChI is InChI=1S/C15H13F2N3S/c1-8-3-6-12(21-8)14-13(15(18)20(2)19-14)10-5-4-9(16)7-11(10)17/h3-7H,18H2,1-2H3. The van der Waals surface area contributed by atoms with Crippen molar-refractivity contribution in [1.29, 1.82) is 0 Å². The van der Waals surface area contributed by atoms with Crippen LogP contribution in [0.4, 0.5) is 14.6 Å². The first-order chi connectivity index (χ1) is 9.97. The highest BCUT2D eigenvalue weighted by Gasteiger charge is 2.21. The van der Waals surface area contributed by atoms with Crippen LogP contribution in [0.3, 0.4) is 0 Å². The van der Waals surface area contributed by atoms with Crippen molar-refractivity contribution >= 4 is 17.2 Å². The van der Waals surface area contributed by atoms with Crippen LogP contribution in [0, 0.1) is 18.6 Å². The molecule has 3 nitrogen and oxygen atoms in total. The van der Waals surface area contributed by atoms with Crippen LogP contribution in [0.15, 0.2) is 30.3 Å². The molecule has 3 aromatic rings. The molecule has 2 aromatic heterocycles. The van der Waals surface area contributed by atoms with Crippen molar-refractivity contribution in [2.24, 2.45) is 7.05 Å². The van der Waals surface area contributed by atoms with E-state index in [2.05, 4.69) is 5.10 Å².